The average Bonchev–Trinajstić information content (AvgIpc) is 2.41. The molecule has 1 aromatic carbocycles. The van der Waals surface area contributed by atoms with Crippen molar-refractivity contribution >= 4 is 17.6 Å². The molecule has 74 valence electrons. The van der Waals surface area contributed by atoms with Crippen molar-refractivity contribution in [1.29, 1.82) is 0 Å². The number of aliphatic imine (C=N–C) groups is 1. The third kappa shape index (κ3) is 1.76. The second kappa shape index (κ2) is 4.02. The Balaban J connectivity index is 2.35. The van der Waals surface area contributed by atoms with Crippen molar-refractivity contribution in [2.75, 3.05) is 5.75 Å². The predicted molar refractivity (Wildman–Crippen MR) is 58.0 cm³/mol. The molecule has 0 saturated carbocycles. The molecule has 0 fully saturated rings. The summed E-state index contributed by atoms with van der Waals surface area (Å²) in [5, 5.41) is 8.77. The zero-order valence-electron chi connectivity index (χ0n) is 7.95. The van der Waals surface area contributed by atoms with E-state index >= 15 is 0 Å². The van der Waals surface area contributed by atoms with Crippen molar-refractivity contribution < 1.29 is 5.21 Å². The second-order valence-corrected chi connectivity index (χ2v) is 4.23. The molecule has 0 radical (unpaired) electrons. The number of thioether (sulfide) groups is 1. The Morgan fingerprint density at radius 1 is 1.50 bits per heavy atom. The Morgan fingerprint density at radius 3 is 3.14 bits per heavy atom. The number of hydrogen-bond donors (Lipinski definition) is 2. The van der Waals surface area contributed by atoms with Gasteiger partial charge in [0, 0.05) is 4.90 Å². The summed E-state index contributed by atoms with van der Waals surface area (Å²) < 4.78 is 0. The summed E-state index contributed by atoms with van der Waals surface area (Å²) >= 11 is 1.70. The van der Waals surface area contributed by atoms with E-state index in [4.69, 9.17) is 5.21 Å². The Labute approximate surface area is 87.2 Å². The summed E-state index contributed by atoms with van der Waals surface area (Å²) in [6.45, 7) is 2.74. The molecule has 0 bridgehead atoms. The number of benzene rings is 1. The van der Waals surface area contributed by atoms with Crippen LogP contribution in [-0.4, -0.2) is 16.8 Å². The fourth-order valence-corrected chi connectivity index (χ4v) is 2.47. The first kappa shape index (κ1) is 9.55. The van der Waals surface area contributed by atoms with E-state index in [0.29, 0.717) is 18.1 Å². The average molecular weight is 208 g/mol. The van der Waals surface area contributed by atoms with Crippen molar-refractivity contribution in [3.05, 3.63) is 29.3 Å². The van der Waals surface area contributed by atoms with Crippen molar-refractivity contribution in [2.24, 2.45) is 4.99 Å². The second-order valence-electron chi connectivity index (χ2n) is 3.22. The fraction of sp³-hybridized carbons (Fsp3) is 0.300. The molecule has 1 aliphatic heterocycles. The standard InChI is InChI=1S/C10H12N2OS/c1-7-3-2-4-9-8(7)5-11-10(12-13)6-14-9/h2-4,13H,5-6H2,1H3,(H,11,12). The van der Waals surface area contributed by atoms with Gasteiger partial charge in [-0.2, -0.15) is 0 Å². The van der Waals surface area contributed by atoms with Gasteiger partial charge in [0.2, 0.25) is 0 Å². The van der Waals surface area contributed by atoms with E-state index in [-0.39, 0.29) is 0 Å². The number of nitrogens with zero attached hydrogens (tertiary/aromatic N) is 1. The van der Waals surface area contributed by atoms with Crippen LogP contribution in [0, 0.1) is 6.92 Å². The molecule has 2 rings (SSSR count). The van der Waals surface area contributed by atoms with Crippen LogP contribution in [-0.2, 0) is 6.54 Å². The van der Waals surface area contributed by atoms with Gasteiger partial charge in [-0.05, 0) is 24.1 Å². The van der Waals surface area contributed by atoms with E-state index in [2.05, 4.69) is 35.6 Å². The molecule has 1 aromatic rings. The Morgan fingerprint density at radius 2 is 2.36 bits per heavy atom. The Bertz CT molecular complexity index is 376. The highest BCUT2D eigenvalue weighted by Gasteiger charge is 2.11. The lowest BCUT2D eigenvalue weighted by Crippen LogP contribution is -2.20. The smallest absolute Gasteiger partial charge is 0.131 e. The van der Waals surface area contributed by atoms with Crippen LogP contribution in [0.3, 0.4) is 0 Å². The summed E-state index contributed by atoms with van der Waals surface area (Å²) in [4.78, 5) is 5.54. The van der Waals surface area contributed by atoms with E-state index in [0.717, 1.165) is 0 Å². The van der Waals surface area contributed by atoms with Gasteiger partial charge in [0.1, 0.15) is 5.84 Å². The predicted octanol–water partition coefficient (Wildman–Crippen LogP) is 1.98. The van der Waals surface area contributed by atoms with Crippen LogP contribution in [0.15, 0.2) is 28.1 Å². The van der Waals surface area contributed by atoms with Gasteiger partial charge in [-0.1, -0.05) is 12.1 Å². The largest absolute Gasteiger partial charge is 0.290 e. The van der Waals surface area contributed by atoms with Crippen LogP contribution in [0.25, 0.3) is 0 Å². The quantitative estimate of drug-likeness (QED) is 0.641. The molecular formula is C10H12N2OS. The molecule has 0 saturated heterocycles. The molecule has 1 aliphatic rings. The molecule has 0 aromatic heterocycles. The molecule has 3 nitrogen and oxygen atoms in total. The van der Waals surface area contributed by atoms with E-state index in [1.54, 1.807) is 11.8 Å². The third-order valence-corrected chi connectivity index (χ3v) is 3.40. The highest BCUT2D eigenvalue weighted by molar-refractivity contribution is 8.00. The number of hydroxylamine groups is 1. The molecule has 0 spiro atoms. The minimum absolute atomic E-state index is 0.644. The van der Waals surface area contributed by atoms with Crippen molar-refractivity contribution in [3.63, 3.8) is 0 Å². The fourth-order valence-electron chi connectivity index (χ4n) is 1.45. The third-order valence-electron chi connectivity index (χ3n) is 2.29. The number of rotatable bonds is 0. The zero-order chi connectivity index (χ0) is 9.97. The summed E-state index contributed by atoms with van der Waals surface area (Å²) in [6.07, 6.45) is 0. The van der Waals surface area contributed by atoms with Crippen LogP contribution in [0.4, 0.5) is 0 Å². The summed E-state index contributed by atoms with van der Waals surface area (Å²) in [6, 6.07) is 6.24. The van der Waals surface area contributed by atoms with E-state index in [9.17, 15) is 0 Å². The molecule has 1 heterocycles. The first-order chi connectivity index (χ1) is 6.81. The molecule has 0 atom stereocenters. The van der Waals surface area contributed by atoms with Crippen molar-refractivity contribution in [2.45, 2.75) is 18.4 Å². The van der Waals surface area contributed by atoms with Crippen LogP contribution in [0.5, 0.6) is 0 Å². The van der Waals surface area contributed by atoms with E-state index in [1.165, 1.54) is 16.0 Å². The van der Waals surface area contributed by atoms with Crippen LogP contribution >= 0.6 is 11.8 Å². The molecule has 14 heavy (non-hydrogen) atoms. The summed E-state index contributed by atoms with van der Waals surface area (Å²) in [5.74, 6) is 1.35. The lowest BCUT2D eigenvalue weighted by Gasteiger charge is -2.06. The van der Waals surface area contributed by atoms with Gasteiger partial charge >= 0.3 is 0 Å². The number of nitrogens with one attached hydrogen (secondary N) is 1. The monoisotopic (exact) mass is 208 g/mol. The first-order valence-electron chi connectivity index (χ1n) is 4.46. The SMILES string of the molecule is Cc1cccc2c1CN=C(NO)CS2. The maximum Gasteiger partial charge on any atom is 0.131 e. The molecule has 0 aliphatic carbocycles. The van der Waals surface area contributed by atoms with Gasteiger partial charge in [-0.15, -0.1) is 11.8 Å². The van der Waals surface area contributed by atoms with Crippen molar-refractivity contribution in [1.82, 2.24) is 5.48 Å². The minimum Gasteiger partial charge on any atom is -0.290 e. The zero-order valence-corrected chi connectivity index (χ0v) is 8.77. The molecule has 0 unspecified atom stereocenters. The summed E-state index contributed by atoms with van der Waals surface area (Å²) in [5.41, 5.74) is 4.66. The van der Waals surface area contributed by atoms with Gasteiger partial charge in [-0.3, -0.25) is 15.7 Å². The van der Waals surface area contributed by atoms with E-state index < -0.39 is 0 Å². The van der Waals surface area contributed by atoms with Crippen molar-refractivity contribution in [3.8, 4) is 0 Å². The molecule has 0 amide bonds. The van der Waals surface area contributed by atoms with Gasteiger partial charge in [0.15, 0.2) is 0 Å². The van der Waals surface area contributed by atoms with Gasteiger partial charge in [-0.25, -0.2) is 0 Å². The Kier molecular flexibility index (Phi) is 2.74. The van der Waals surface area contributed by atoms with Gasteiger partial charge in [0.25, 0.3) is 0 Å². The van der Waals surface area contributed by atoms with Crippen LogP contribution in [0.2, 0.25) is 0 Å². The lowest BCUT2D eigenvalue weighted by molar-refractivity contribution is 0.233. The number of hydrogen-bond acceptors (Lipinski definition) is 4. The Hall–Kier alpha value is -1.000. The molecule has 4 heteroatoms. The normalized spacial score (nSPS) is 15.4. The van der Waals surface area contributed by atoms with Crippen LogP contribution < -0.4 is 5.48 Å². The minimum atomic E-state index is 0.644. The lowest BCUT2D eigenvalue weighted by atomic mass is 10.1. The molecular weight excluding hydrogens is 196 g/mol. The van der Waals surface area contributed by atoms with Gasteiger partial charge < -0.3 is 0 Å². The van der Waals surface area contributed by atoms with Gasteiger partial charge in [0.05, 0.1) is 12.3 Å². The highest BCUT2D eigenvalue weighted by Crippen LogP contribution is 2.28. The molecule has 2 N–H and O–H groups in total. The first-order valence-corrected chi connectivity index (χ1v) is 5.44. The number of aryl methyl sites for hydroxylation is 1. The highest BCUT2D eigenvalue weighted by atomic mass is 32.2. The topological polar surface area (TPSA) is 44.6 Å². The number of fused-ring (bicyclic) bond motifs is 1. The van der Waals surface area contributed by atoms with Crippen LogP contribution in [0.1, 0.15) is 11.1 Å². The van der Waals surface area contributed by atoms with E-state index in [1.807, 2.05) is 0 Å². The maximum absolute atomic E-state index is 8.77. The summed E-state index contributed by atoms with van der Waals surface area (Å²) in [7, 11) is 0. The maximum atomic E-state index is 8.77. The number of amidine groups is 1.